The number of para-hydroxylation sites is 1. The minimum absolute atomic E-state index is 0.0422. The molecule has 4 aromatic rings. The largest absolute Gasteiger partial charge is 0.399 e. The Balaban J connectivity index is 1.86. The monoisotopic (exact) mass is 510 g/mol. The number of aromatic amines is 1. The van der Waals surface area contributed by atoms with Gasteiger partial charge in [0.05, 0.1) is 13.0 Å². The number of hydrogen-bond donors (Lipinski definition) is 3. The highest BCUT2D eigenvalue weighted by Gasteiger charge is 2.22. The van der Waals surface area contributed by atoms with Crippen LogP contribution in [0.5, 0.6) is 0 Å². The van der Waals surface area contributed by atoms with Crippen LogP contribution in [0, 0.1) is 0 Å². The van der Waals surface area contributed by atoms with E-state index >= 15 is 0 Å². The van der Waals surface area contributed by atoms with Crippen molar-refractivity contribution in [1.82, 2.24) is 44.2 Å². The maximum atomic E-state index is 13.7. The number of nitrogens with one attached hydrogen (secondary N) is 1. The van der Waals surface area contributed by atoms with Gasteiger partial charge in [0, 0.05) is 38.4 Å². The summed E-state index contributed by atoms with van der Waals surface area (Å²) in [5.74, 6) is 1.08. The summed E-state index contributed by atoms with van der Waals surface area (Å²) in [6.07, 6.45) is 1.41. The van der Waals surface area contributed by atoms with Crippen LogP contribution in [0.3, 0.4) is 0 Å². The van der Waals surface area contributed by atoms with Crippen LogP contribution in [-0.4, -0.2) is 75.6 Å². The summed E-state index contributed by atoms with van der Waals surface area (Å²) < 4.78 is 4.72. The van der Waals surface area contributed by atoms with Crippen molar-refractivity contribution < 1.29 is 5.11 Å². The van der Waals surface area contributed by atoms with Gasteiger partial charge in [0.25, 0.3) is 5.56 Å². The molecular weight excluding hydrogens is 476 g/mol. The Bertz CT molecular complexity index is 1440. The Morgan fingerprint density at radius 3 is 2.54 bits per heavy atom. The average Bonchev–Trinajstić information content (AvgIpc) is 3.53. The first-order valence-electron chi connectivity index (χ1n) is 12.6. The summed E-state index contributed by atoms with van der Waals surface area (Å²) in [4.78, 5) is 34.0. The van der Waals surface area contributed by atoms with Gasteiger partial charge in [0.1, 0.15) is 5.82 Å². The SMILES string of the molecule is CCCn1c(=O)c2c(nc(Cc3nnn[nH]3)n2CCN(CC)CCO)n(CCc2ccccc2N)c1=O. The zero-order valence-corrected chi connectivity index (χ0v) is 21.3. The van der Waals surface area contributed by atoms with Crippen LogP contribution in [-0.2, 0) is 32.5 Å². The van der Waals surface area contributed by atoms with Crippen LogP contribution in [0.15, 0.2) is 33.9 Å². The molecule has 13 nitrogen and oxygen atoms in total. The van der Waals surface area contributed by atoms with Crippen LogP contribution in [0.4, 0.5) is 5.69 Å². The van der Waals surface area contributed by atoms with Gasteiger partial charge in [-0.25, -0.2) is 14.9 Å². The highest BCUT2D eigenvalue weighted by Crippen LogP contribution is 2.17. The molecule has 0 bridgehead atoms. The van der Waals surface area contributed by atoms with Gasteiger partial charge in [0.15, 0.2) is 17.0 Å². The highest BCUT2D eigenvalue weighted by molar-refractivity contribution is 5.71. The normalized spacial score (nSPS) is 11.7. The van der Waals surface area contributed by atoms with Crippen molar-refractivity contribution in [2.45, 2.75) is 52.7 Å². The van der Waals surface area contributed by atoms with Gasteiger partial charge in [-0.05, 0) is 41.4 Å². The lowest BCUT2D eigenvalue weighted by molar-refractivity contribution is 0.197. The molecule has 0 aliphatic heterocycles. The summed E-state index contributed by atoms with van der Waals surface area (Å²) in [5, 5.41) is 23.4. The molecule has 0 aliphatic rings. The molecule has 0 amide bonds. The predicted molar refractivity (Wildman–Crippen MR) is 139 cm³/mol. The molecule has 0 saturated carbocycles. The Morgan fingerprint density at radius 2 is 1.86 bits per heavy atom. The van der Waals surface area contributed by atoms with E-state index in [0.717, 1.165) is 12.1 Å². The van der Waals surface area contributed by atoms with Crippen LogP contribution in [0.1, 0.15) is 37.5 Å². The Morgan fingerprint density at radius 1 is 1.05 bits per heavy atom. The number of H-pyrrole nitrogens is 1. The Labute approximate surface area is 213 Å². The summed E-state index contributed by atoms with van der Waals surface area (Å²) in [7, 11) is 0. The maximum absolute atomic E-state index is 13.7. The van der Waals surface area contributed by atoms with E-state index in [2.05, 4.69) is 25.5 Å². The molecule has 0 saturated heterocycles. The van der Waals surface area contributed by atoms with Crippen LogP contribution < -0.4 is 17.0 Å². The van der Waals surface area contributed by atoms with E-state index in [1.807, 2.05) is 42.7 Å². The molecule has 3 aromatic heterocycles. The van der Waals surface area contributed by atoms with E-state index in [-0.39, 0.29) is 24.3 Å². The van der Waals surface area contributed by atoms with Crippen LogP contribution in [0.2, 0.25) is 0 Å². The Kier molecular flexibility index (Phi) is 8.46. The second-order valence-corrected chi connectivity index (χ2v) is 8.87. The standard InChI is InChI=1S/C24H34N10O3/c1-3-10-34-23(36)21-22(33(24(34)37)11-9-17-7-5-6-8-18(17)25)26-20(16-19-27-29-30-28-19)32(21)13-12-31(4-2)14-15-35/h5-8,35H,3-4,9-16,25H2,1-2H3,(H,27,28,29,30). The number of hydrogen-bond acceptors (Lipinski definition) is 9. The minimum Gasteiger partial charge on any atom is -0.399 e. The molecule has 0 atom stereocenters. The summed E-state index contributed by atoms with van der Waals surface area (Å²) in [5.41, 5.74) is 7.67. The lowest BCUT2D eigenvalue weighted by Crippen LogP contribution is -2.41. The third kappa shape index (κ3) is 5.62. The smallest absolute Gasteiger partial charge is 0.332 e. The van der Waals surface area contributed by atoms with E-state index in [0.29, 0.717) is 74.1 Å². The Hall–Kier alpha value is -3.84. The molecule has 0 radical (unpaired) electrons. The third-order valence-electron chi connectivity index (χ3n) is 6.52. The number of aromatic nitrogens is 8. The molecule has 1 aromatic carbocycles. The molecular formula is C24H34N10O3. The molecule has 4 rings (SSSR count). The number of rotatable bonds is 13. The zero-order chi connectivity index (χ0) is 26.4. The second kappa shape index (κ2) is 11.9. The summed E-state index contributed by atoms with van der Waals surface area (Å²) in [6, 6.07) is 7.54. The fourth-order valence-corrected chi connectivity index (χ4v) is 4.54. The molecule has 0 fully saturated rings. The average molecular weight is 511 g/mol. The van der Waals surface area contributed by atoms with E-state index < -0.39 is 0 Å². The fourth-order valence-electron chi connectivity index (χ4n) is 4.54. The topological polar surface area (TPSA) is 166 Å². The summed E-state index contributed by atoms with van der Waals surface area (Å²) >= 11 is 0. The lowest BCUT2D eigenvalue weighted by Gasteiger charge is -2.20. The number of nitrogens with two attached hydrogens (primary N) is 1. The van der Waals surface area contributed by atoms with Gasteiger partial charge in [-0.15, -0.1) is 5.10 Å². The van der Waals surface area contributed by atoms with Crippen molar-refractivity contribution in [3.8, 4) is 0 Å². The predicted octanol–water partition coefficient (Wildman–Crippen LogP) is 0.0127. The fraction of sp³-hybridized carbons (Fsp3) is 0.500. The quantitative estimate of drug-likeness (QED) is 0.210. The first kappa shape index (κ1) is 26.2. The number of benzene rings is 1. The van der Waals surface area contributed by atoms with Crippen LogP contribution in [0.25, 0.3) is 11.2 Å². The van der Waals surface area contributed by atoms with Gasteiger partial charge in [0.2, 0.25) is 0 Å². The van der Waals surface area contributed by atoms with Crippen molar-refractivity contribution in [2.75, 3.05) is 32.0 Å². The van der Waals surface area contributed by atoms with Gasteiger partial charge in [-0.3, -0.25) is 18.8 Å². The third-order valence-corrected chi connectivity index (χ3v) is 6.52. The number of tetrazole rings is 1. The first-order chi connectivity index (χ1) is 18.0. The van der Waals surface area contributed by atoms with E-state index in [4.69, 9.17) is 10.7 Å². The highest BCUT2D eigenvalue weighted by atomic mass is 16.3. The summed E-state index contributed by atoms with van der Waals surface area (Å²) in [6.45, 7) is 6.93. The molecule has 0 aliphatic carbocycles. The minimum atomic E-state index is -0.387. The lowest BCUT2D eigenvalue weighted by atomic mass is 10.1. The van der Waals surface area contributed by atoms with Gasteiger partial charge >= 0.3 is 5.69 Å². The molecule has 0 spiro atoms. The van der Waals surface area contributed by atoms with Crippen molar-refractivity contribution >= 4 is 16.9 Å². The zero-order valence-electron chi connectivity index (χ0n) is 21.3. The van der Waals surface area contributed by atoms with Crippen molar-refractivity contribution in [1.29, 1.82) is 0 Å². The number of aliphatic hydroxyl groups excluding tert-OH is 1. The number of likely N-dealkylation sites (N-methyl/N-ethyl adjacent to an activating group) is 1. The maximum Gasteiger partial charge on any atom is 0.332 e. The molecule has 0 unspecified atom stereocenters. The van der Waals surface area contributed by atoms with Crippen molar-refractivity contribution in [3.05, 3.63) is 62.3 Å². The first-order valence-corrected chi connectivity index (χ1v) is 12.6. The number of nitrogen functional groups attached to an aromatic ring is 1. The van der Waals surface area contributed by atoms with Gasteiger partial charge < -0.3 is 15.4 Å². The number of anilines is 1. The number of imidazole rings is 1. The van der Waals surface area contributed by atoms with E-state index in [9.17, 15) is 14.7 Å². The van der Waals surface area contributed by atoms with E-state index in [1.165, 1.54) is 4.57 Å². The number of nitrogens with zero attached hydrogens (tertiary/aromatic N) is 8. The molecule has 4 N–H and O–H groups in total. The number of aliphatic hydroxyl groups is 1. The molecule has 13 heteroatoms. The van der Waals surface area contributed by atoms with Crippen molar-refractivity contribution in [2.24, 2.45) is 0 Å². The van der Waals surface area contributed by atoms with Gasteiger partial charge in [-0.1, -0.05) is 32.0 Å². The molecule has 37 heavy (non-hydrogen) atoms. The molecule has 3 heterocycles. The number of aryl methyl sites for hydroxylation is 2. The van der Waals surface area contributed by atoms with Crippen LogP contribution >= 0.6 is 0 Å². The number of fused-ring (bicyclic) bond motifs is 1. The molecule has 198 valence electrons. The van der Waals surface area contributed by atoms with E-state index in [1.54, 1.807) is 4.57 Å². The second-order valence-electron chi connectivity index (χ2n) is 8.87. The van der Waals surface area contributed by atoms with Gasteiger partial charge in [-0.2, -0.15) is 0 Å². The van der Waals surface area contributed by atoms with Crippen molar-refractivity contribution in [3.63, 3.8) is 0 Å².